The first-order valence-electron chi connectivity index (χ1n) is 12.6. The highest BCUT2D eigenvalue weighted by molar-refractivity contribution is 6.23. The van der Waals surface area contributed by atoms with Crippen LogP contribution in [0.1, 0.15) is 84.2 Å². The van der Waals surface area contributed by atoms with E-state index in [9.17, 15) is 19.2 Å². The number of hydrogen-bond donors (Lipinski definition) is 1. The summed E-state index contributed by atoms with van der Waals surface area (Å²) >= 11 is 0. The molecule has 0 spiro atoms. The van der Waals surface area contributed by atoms with Crippen LogP contribution in [0.4, 0.5) is 0 Å². The van der Waals surface area contributed by atoms with Gasteiger partial charge in [0.05, 0.1) is 22.9 Å². The molecule has 9 heteroatoms. The number of likely N-dealkylation sites (N-methyl/N-ethyl adjacent to an activating group) is 1. The van der Waals surface area contributed by atoms with Crippen LogP contribution in [0.25, 0.3) is 0 Å². The van der Waals surface area contributed by atoms with E-state index >= 15 is 0 Å². The molecule has 2 aromatic rings. The lowest BCUT2D eigenvalue weighted by Crippen LogP contribution is -2.48. The van der Waals surface area contributed by atoms with Crippen LogP contribution in [-0.4, -0.2) is 69.8 Å². The van der Waals surface area contributed by atoms with Gasteiger partial charge in [-0.05, 0) is 82.3 Å². The normalized spacial score (nSPS) is 17.8. The molecule has 192 valence electrons. The van der Waals surface area contributed by atoms with Crippen molar-refractivity contribution in [3.05, 3.63) is 52.8 Å². The van der Waals surface area contributed by atoms with E-state index in [2.05, 4.69) is 42.3 Å². The topological polar surface area (TPSA) is 105 Å². The van der Waals surface area contributed by atoms with Crippen molar-refractivity contribution < 1.29 is 19.2 Å². The number of carbonyl (C=O) groups excluding carboxylic acids is 4. The van der Waals surface area contributed by atoms with Gasteiger partial charge in [-0.1, -0.05) is 6.07 Å². The van der Waals surface area contributed by atoms with Crippen LogP contribution in [0.2, 0.25) is 0 Å². The molecule has 0 aliphatic carbocycles. The fourth-order valence-electron chi connectivity index (χ4n) is 5.06. The number of nitrogens with zero attached hydrogens (tertiary/aromatic N) is 4. The second kappa shape index (κ2) is 10.3. The minimum atomic E-state index is -1.00. The zero-order chi connectivity index (χ0) is 26.0. The Balaban J connectivity index is 1.42. The Bertz CT molecular complexity index is 1160. The van der Waals surface area contributed by atoms with Crippen molar-refractivity contribution in [3.63, 3.8) is 0 Å². The van der Waals surface area contributed by atoms with Crippen LogP contribution >= 0.6 is 0 Å². The standard InChI is InChI=1S/C27H35N5O4/c1-27(2,3)31-17-20(15-29-31)19-9-11-30(12-10-19)16-18-7-8-21-22(14-18)26(36)32(25(21)35)23(6-5-13-33)24(34)28-4/h7-8,13-15,17,19,23H,5-6,9-12,16H2,1-4H3,(H,28,34). The second-order valence-electron chi connectivity index (χ2n) is 10.7. The first kappa shape index (κ1) is 25.8. The second-order valence-corrected chi connectivity index (χ2v) is 10.7. The molecule has 9 nitrogen and oxygen atoms in total. The van der Waals surface area contributed by atoms with Crippen LogP contribution in [-0.2, 0) is 21.7 Å². The molecule has 1 aromatic carbocycles. The number of hydrogen-bond acceptors (Lipinski definition) is 6. The van der Waals surface area contributed by atoms with Gasteiger partial charge in [-0.2, -0.15) is 5.10 Å². The van der Waals surface area contributed by atoms with E-state index in [0.717, 1.165) is 36.4 Å². The molecule has 4 rings (SSSR count). The van der Waals surface area contributed by atoms with Gasteiger partial charge in [0, 0.05) is 26.2 Å². The number of aldehydes is 1. The molecule has 2 aliphatic rings. The van der Waals surface area contributed by atoms with Crippen molar-refractivity contribution in [1.29, 1.82) is 0 Å². The number of aromatic nitrogens is 2. The quantitative estimate of drug-likeness (QED) is 0.448. The van der Waals surface area contributed by atoms with Gasteiger partial charge >= 0.3 is 0 Å². The average molecular weight is 494 g/mol. The van der Waals surface area contributed by atoms with E-state index in [4.69, 9.17) is 0 Å². The minimum Gasteiger partial charge on any atom is -0.357 e. The van der Waals surface area contributed by atoms with E-state index in [-0.39, 0.29) is 18.4 Å². The van der Waals surface area contributed by atoms with Crippen molar-refractivity contribution in [2.45, 2.75) is 70.5 Å². The minimum absolute atomic E-state index is 0.0320. The maximum Gasteiger partial charge on any atom is 0.262 e. The van der Waals surface area contributed by atoms with E-state index in [1.165, 1.54) is 12.6 Å². The molecule has 0 radical (unpaired) electrons. The Morgan fingerprint density at radius 3 is 2.47 bits per heavy atom. The van der Waals surface area contributed by atoms with Crippen molar-refractivity contribution >= 4 is 24.0 Å². The Morgan fingerprint density at radius 2 is 1.86 bits per heavy atom. The molecule has 1 saturated heterocycles. The number of piperidine rings is 1. The summed E-state index contributed by atoms with van der Waals surface area (Å²) in [6, 6.07) is 4.33. The molecule has 1 N–H and O–H groups in total. The molecule has 36 heavy (non-hydrogen) atoms. The predicted octanol–water partition coefficient (Wildman–Crippen LogP) is 2.71. The molecule has 3 heterocycles. The summed E-state index contributed by atoms with van der Waals surface area (Å²) in [4.78, 5) is 52.7. The monoisotopic (exact) mass is 493 g/mol. The molecular weight excluding hydrogens is 458 g/mol. The highest BCUT2D eigenvalue weighted by atomic mass is 16.2. The molecule has 1 fully saturated rings. The third-order valence-corrected chi connectivity index (χ3v) is 7.16. The highest BCUT2D eigenvalue weighted by Gasteiger charge is 2.42. The molecule has 0 saturated carbocycles. The number of amides is 3. The molecule has 1 atom stereocenters. The van der Waals surface area contributed by atoms with Crippen LogP contribution in [0.5, 0.6) is 0 Å². The zero-order valence-corrected chi connectivity index (χ0v) is 21.5. The van der Waals surface area contributed by atoms with Gasteiger partial charge in [0.15, 0.2) is 0 Å². The van der Waals surface area contributed by atoms with E-state index in [1.807, 2.05) is 16.9 Å². The summed E-state index contributed by atoms with van der Waals surface area (Å²) in [5, 5.41) is 7.04. The van der Waals surface area contributed by atoms with Crippen molar-refractivity contribution in [3.8, 4) is 0 Å². The van der Waals surface area contributed by atoms with Crippen LogP contribution in [0, 0.1) is 0 Å². The molecule has 1 aromatic heterocycles. The predicted molar refractivity (Wildman–Crippen MR) is 135 cm³/mol. The number of rotatable bonds is 8. The van der Waals surface area contributed by atoms with Gasteiger partial charge in [-0.25, -0.2) is 0 Å². The first-order valence-corrected chi connectivity index (χ1v) is 12.6. The molecule has 0 bridgehead atoms. The smallest absolute Gasteiger partial charge is 0.262 e. The lowest BCUT2D eigenvalue weighted by molar-refractivity contribution is -0.124. The lowest BCUT2D eigenvalue weighted by Gasteiger charge is -2.31. The maximum atomic E-state index is 13.2. The van der Waals surface area contributed by atoms with E-state index in [0.29, 0.717) is 29.9 Å². The van der Waals surface area contributed by atoms with Crippen LogP contribution in [0.3, 0.4) is 0 Å². The highest BCUT2D eigenvalue weighted by Crippen LogP contribution is 2.31. The Morgan fingerprint density at radius 1 is 1.17 bits per heavy atom. The van der Waals surface area contributed by atoms with Crippen molar-refractivity contribution in [2.24, 2.45) is 0 Å². The van der Waals surface area contributed by atoms with Crippen molar-refractivity contribution in [2.75, 3.05) is 20.1 Å². The SMILES string of the molecule is CNC(=O)C(CCC=O)N1C(=O)c2ccc(CN3CCC(c4cnn(C(C)(C)C)c4)CC3)cc2C1=O. The average Bonchev–Trinajstić information content (AvgIpc) is 3.45. The van der Waals surface area contributed by atoms with Gasteiger partial charge in [0.1, 0.15) is 12.3 Å². The summed E-state index contributed by atoms with van der Waals surface area (Å²) in [5.74, 6) is -0.941. The number of fused-ring (bicyclic) bond motifs is 1. The summed E-state index contributed by atoms with van der Waals surface area (Å²) in [6.07, 6.45) is 7.10. The maximum absolute atomic E-state index is 13.2. The summed E-state index contributed by atoms with van der Waals surface area (Å²) in [7, 11) is 1.45. The number of benzene rings is 1. The molecule has 1 unspecified atom stereocenters. The third-order valence-electron chi connectivity index (χ3n) is 7.16. The van der Waals surface area contributed by atoms with Crippen LogP contribution < -0.4 is 5.32 Å². The van der Waals surface area contributed by atoms with Gasteiger partial charge < -0.3 is 10.1 Å². The number of likely N-dealkylation sites (tertiary alicyclic amines) is 1. The fourth-order valence-corrected chi connectivity index (χ4v) is 5.06. The number of nitrogens with one attached hydrogen (secondary N) is 1. The number of imide groups is 1. The van der Waals surface area contributed by atoms with E-state index < -0.39 is 23.8 Å². The fraction of sp³-hybridized carbons (Fsp3) is 0.519. The largest absolute Gasteiger partial charge is 0.357 e. The Hall–Kier alpha value is -3.33. The Kier molecular flexibility index (Phi) is 7.40. The van der Waals surface area contributed by atoms with Gasteiger partial charge in [-0.3, -0.25) is 28.9 Å². The van der Waals surface area contributed by atoms with Crippen molar-refractivity contribution in [1.82, 2.24) is 24.9 Å². The van der Waals surface area contributed by atoms with E-state index in [1.54, 1.807) is 12.1 Å². The molecule has 3 amide bonds. The summed E-state index contributed by atoms with van der Waals surface area (Å²) < 4.78 is 2.02. The van der Waals surface area contributed by atoms with Gasteiger partial charge in [-0.15, -0.1) is 0 Å². The molecular formula is C27H35N5O4. The zero-order valence-electron chi connectivity index (χ0n) is 21.5. The summed E-state index contributed by atoms with van der Waals surface area (Å²) in [6.45, 7) is 8.99. The molecule has 2 aliphatic heterocycles. The van der Waals surface area contributed by atoms with Gasteiger partial charge in [0.25, 0.3) is 11.8 Å². The number of carbonyl (C=O) groups is 4. The third kappa shape index (κ3) is 5.11. The summed E-state index contributed by atoms with van der Waals surface area (Å²) in [5.41, 5.74) is 2.84. The Labute approximate surface area is 211 Å². The van der Waals surface area contributed by atoms with Gasteiger partial charge in [0.2, 0.25) is 5.91 Å². The first-order chi connectivity index (χ1) is 17.1. The van der Waals surface area contributed by atoms with Crippen LogP contribution in [0.15, 0.2) is 30.6 Å². The lowest BCUT2D eigenvalue weighted by atomic mass is 9.91.